The molecule has 1 aromatic heterocycles. The monoisotopic (exact) mass is 396 g/mol. The molecule has 1 saturated heterocycles. The molecule has 0 aromatic carbocycles. The van der Waals surface area contributed by atoms with Crippen LogP contribution in [0.15, 0.2) is 16.8 Å². The summed E-state index contributed by atoms with van der Waals surface area (Å²) in [5.74, 6) is 0.512. The number of amides is 2. The Morgan fingerprint density at radius 3 is 2.62 bits per heavy atom. The highest BCUT2D eigenvalue weighted by molar-refractivity contribution is 7.92. The second kappa shape index (κ2) is 6.64. The lowest BCUT2D eigenvalue weighted by molar-refractivity contribution is -0.122. The summed E-state index contributed by atoms with van der Waals surface area (Å²) in [5, 5.41) is 9.61. The van der Waals surface area contributed by atoms with Crippen molar-refractivity contribution in [3.63, 3.8) is 0 Å². The molecule has 2 aliphatic carbocycles. The van der Waals surface area contributed by atoms with Gasteiger partial charge in [-0.1, -0.05) is 0 Å². The van der Waals surface area contributed by atoms with Crippen molar-refractivity contribution in [1.29, 1.82) is 0 Å². The van der Waals surface area contributed by atoms with Crippen LogP contribution in [0.1, 0.15) is 48.9 Å². The van der Waals surface area contributed by atoms with Crippen LogP contribution >= 0.6 is 11.3 Å². The first kappa shape index (κ1) is 18.0. The molecular formula is C18H24N2O4S2. The standard InChI is InChI=1S/C18H24N2O4S2/c21-16(13-1-2-13)19-10-12-7-18(8-12)9-15(4-6-26(18,23)24)20-17(22)14-3-5-25-11-14/h3,5,11-13,15H,1-2,4,6-10H2,(H,19,21)(H,20,22). The largest absolute Gasteiger partial charge is 0.356 e. The van der Waals surface area contributed by atoms with E-state index in [9.17, 15) is 18.0 Å². The minimum absolute atomic E-state index is 0.104. The number of hydrogen-bond donors (Lipinski definition) is 2. The highest BCUT2D eigenvalue weighted by Gasteiger charge is 2.56. The lowest BCUT2D eigenvalue weighted by Crippen LogP contribution is -2.60. The van der Waals surface area contributed by atoms with Gasteiger partial charge in [-0.2, -0.15) is 11.3 Å². The van der Waals surface area contributed by atoms with Crippen LogP contribution in [0.2, 0.25) is 0 Å². The van der Waals surface area contributed by atoms with Crippen LogP contribution in [-0.4, -0.2) is 43.3 Å². The normalized spacial score (nSPS) is 32.6. The average molecular weight is 397 g/mol. The summed E-state index contributed by atoms with van der Waals surface area (Å²) in [4.78, 5) is 24.0. The Hall–Kier alpha value is -1.41. The molecule has 8 heteroatoms. The Kier molecular flexibility index (Phi) is 4.59. The van der Waals surface area contributed by atoms with Crippen molar-refractivity contribution in [1.82, 2.24) is 10.6 Å². The predicted octanol–water partition coefficient (Wildman–Crippen LogP) is 1.73. The third kappa shape index (κ3) is 3.41. The fourth-order valence-corrected chi connectivity index (χ4v) is 7.37. The molecule has 0 bridgehead atoms. The molecule has 2 N–H and O–H groups in total. The van der Waals surface area contributed by atoms with Crippen LogP contribution in [0.4, 0.5) is 0 Å². The second-order valence-electron chi connectivity index (χ2n) is 7.97. The fraction of sp³-hybridized carbons (Fsp3) is 0.667. The van der Waals surface area contributed by atoms with Crippen LogP contribution in [0.5, 0.6) is 0 Å². The minimum Gasteiger partial charge on any atom is -0.356 e. The summed E-state index contributed by atoms with van der Waals surface area (Å²) in [6, 6.07) is 1.67. The third-order valence-electron chi connectivity index (χ3n) is 5.97. The quantitative estimate of drug-likeness (QED) is 0.793. The van der Waals surface area contributed by atoms with Gasteiger partial charge in [0.1, 0.15) is 0 Å². The number of carbonyl (C=O) groups excluding carboxylic acids is 2. The Bertz CT molecular complexity index is 793. The molecule has 2 heterocycles. The van der Waals surface area contributed by atoms with E-state index in [0.29, 0.717) is 37.8 Å². The van der Waals surface area contributed by atoms with E-state index in [4.69, 9.17) is 0 Å². The molecule has 1 spiro atoms. The second-order valence-corrected chi connectivity index (χ2v) is 11.3. The topological polar surface area (TPSA) is 92.3 Å². The van der Waals surface area contributed by atoms with E-state index in [1.165, 1.54) is 11.3 Å². The van der Waals surface area contributed by atoms with Crippen molar-refractivity contribution in [3.05, 3.63) is 22.4 Å². The van der Waals surface area contributed by atoms with E-state index in [1.54, 1.807) is 11.4 Å². The van der Waals surface area contributed by atoms with E-state index in [1.807, 2.05) is 5.38 Å². The number of nitrogens with one attached hydrogen (secondary N) is 2. The highest BCUT2D eigenvalue weighted by atomic mass is 32.2. The SMILES string of the molecule is O=C(NC1CCS(=O)(=O)C2(CC(CNC(=O)C3CC3)C2)C1)c1ccsc1. The molecule has 6 nitrogen and oxygen atoms in total. The maximum atomic E-state index is 12.6. The first-order valence-electron chi connectivity index (χ1n) is 9.22. The molecule has 1 aromatic rings. The first-order chi connectivity index (χ1) is 12.4. The van der Waals surface area contributed by atoms with Crippen LogP contribution in [0, 0.1) is 11.8 Å². The molecule has 26 heavy (non-hydrogen) atoms. The number of rotatable bonds is 5. The highest BCUT2D eigenvalue weighted by Crippen LogP contribution is 2.50. The van der Waals surface area contributed by atoms with Crippen molar-refractivity contribution >= 4 is 33.0 Å². The van der Waals surface area contributed by atoms with Crippen LogP contribution in [0.3, 0.4) is 0 Å². The zero-order valence-corrected chi connectivity index (χ0v) is 16.2. The van der Waals surface area contributed by atoms with Crippen LogP contribution < -0.4 is 10.6 Å². The van der Waals surface area contributed by atoms with Gasteiger partial charge in [0.15, 0.2) is 9.84 Å². The van der Waals surface area contributed by atoms with E-state index in [2.05, 4.69) is 10.6 Å². The van der Waals surface area contributed by atoms with Gasteiger partial charge >= 0.3 is 0 Å². The molecule has 3 aliphatic rings. The van der Waals surface area contributed by atoms with Gasteiger partial charge in [-0.15, -0.1) is 0 Å². The van der Waals surface area contributed by atoms with Crippen molar-refractivity contribution in [2.45, 2.75) is 49.3 Å². The lowest BCUT2D eigenvalue weighted by atomic mass is 9.70. The summed E-state index contributed by atoms with van der Waals surface area (Å²) in [7, 11) is -3.15. The third-order valence-corrected chi connectivity index (χ3v) is 9.24. The molecule has 2 saturated carbocycles. The number of hydrogen-bond acceptors (Lipinski definition) is 5. The van der Waals surface area contributed by atoms with Gasteiger partial charge in [0.05, 0.1) is 10.5 Å². The van der Waals surface area contributed by atoms with Gasteiger partial charge in [0.2, 0.25) is 5.91 Å². The predicted molar refractivity (Wildman–Crippen MR) is 99.8 cm³/mol. The smallest absolute Gasteiger partial charge is 0.252 e. The minimum atomic E-state index is -3.15. The van der Waals surface area contributed by atoms with E-state index >= 15 is 0 Å². The average Bonchev–Trinajstić information content (AvgIpc) is 3.27. The van der Waals surface area contributed by atoms with Gasteiger partial charge in [0.25, 0.3) is 5.91 Å². The van der Waals surface area contributed by atoms with Crippen LogP contribution in [-0.2, 0) is 14.6 Å². The summed E-state index contributed by atoms with van der Waals surface area (Å²) < 4.78 is 24.6. The zero-order chi connectivity index (χ0) is 18.4. The maximum absolute atomic E-state index is 12.6. The summed E-state index contributed by atoms with van der Waals surface area (Å²) >= 11 is 1.47. The van der Waals surface area contributed by atoms with E-state index in [0.717, 1.165) is 12.8 Å². The number of carbonyl (C=O) groups is 2. The van der Waals surface area contributed by atoms with Crippen molar-refractivity contribution in [2.24, 2.45) is 11.8 Å². The Morgan fingerprint density at radius 2 is 1.96 bits per heavy atom. The molecule has 1 aliphatic heterocycles. The lowest BCUT2D eigenvalue weighted by Gasteiger charge is -2.51. The van der Waals surface area contributed by atoms with Gasteiger partial charge in [-0.25, -0.2) is 8.42 Å². The van der Waals surface area contributed by atoms with Crippen molar-refractivity contribution in [3.8, 4) is 0 Å². The van der Waals surface area contributed by atoms with Gasteiger partial charge in [-0.3, -0.25) is 9.59 Å². The fourth-order valence-electron chi connectivity index (χ4n) is 4.27. The number of thiophene rings is 1. The summed E-state index contributed by atoms with van der Waals surface area (Å²) in [5.41, 5.74) is 0.631. The maximum Gasteiger partial charge on any atom is 0.252 e. The number of sulfone groups is 1. The Labute approximate surface area is 157 Å². The molecule has 2 amide bonds. The molecule has 3 fully saturated rings. The molecule has 4 rings (SSSR count). The Balaban J connectivity index is 1.34. The molecule has 1 atom stereocenters. The van der Waals surface area contributed by atoms with Gasteiger partial charge in [0, 0.05) is 29.4 Å². The van der Waals surface area contributed by atoms with Crippen LogP contribution in [0.25, 0.3) is 0 Å². The first-order valence-corrected chi connectivity index (χ1v) is 11.8. The molecule has 142 valence electrons. The summed E-state index contributed by atoms with van der Waals surface area (Å²) in [6.45, 7) is 0.568. The van der Waals surface area contributed by atoms with E-state index < -0.39 is 14.6 Å². The van der Waals surface area contributed by atoms with Crippen molar-refractivity contribution in [2.75, 3.05) is 12.3 Å². The van der Waals surface area contributed by atoms with Crippen molar-refractivity contribution < 1.29 is 18.0 Å². The summed E-state index contributed by atoms with van der Waals surface area (Å²) in [6.07, 6.45) is 4.08. The van der Waals surface area contributed by atoms with Gasteiger partial charge < -0.3 is 10.6 Å². The zero-order valence-electron chi connectivity index (χ0n) is 14.6. The Morgan fingerprint density at radius 1 is 1.19 bits per heavy atom. The van der Waals surface area contributed by atoms with Gasteiger partial charge in [-0.05, 0) is 55.9 Å². The molecule has 1 unspecified atom stereocenters. The molecular weight excluding hydrogens is 372 g/mol. The molecule has 0 radical (unpaired) electrons. The van der Waals surface area contributed by atoms with E-state index in [-0.39, 0.29) is 35.4 Å².